The van der Waals surface area contributed by atoms with Gasteiger partial charge < -0.3 is 15.6 Å². The Bertz CT molecular complexity index is 1800. The van der Waals surface area contributed by atoms with Crippen molar-refractivity contribution in [3.05, 3.63) is 105 Å². The van der Waals surface area contributed by atoms with E-state index in [1.807, 2.05) is 43.3 Å². The molecular weight excluding hydrogens is 520 g/mol. The first kappa shape index (κ1) is 26.2. The average Bonchev–Trinajstić information content (AvgIpc) is 3.74. The molecule has 1 fully saturated rings. The number of amides is 1. The van der Waals surface area contributed by atoms with Gasteiger partial charge in [0, 0.05) is 43.6 Å². The van der Waals surface area contributed by atoms with Gasteiger partial charge >= 0.3 is 5.69 Å². The van der Waals surface area contributed by atoms with Gasteiger partial charge in [-0.15, -0.1) is 0 Å². The third-order valence-corrected chi connectivity index (χ3v) is 7.05. The summed E-state index contributed by atoms with van der Waals surface area (Å²) in [7, 11) is 0. The highest BCUT2D eigenvalue weighted by atomic mass is 16.2. The van der Waals surface area contributed by atoms with Gasteiger partial charge in [0.15, 0.2) is 5.65 Å². The maximum absolute atomic E-state index is 13.1. The van der Waals surface area contributed by atoms with Crippen LogP contribution in [-0.2, 0) is 19.6 Å². The van der Waals surface area contributed by atoms with Crippen molar-refractivity contribution in [1.82, 2.24) is 34.4 Å². The van der Waals surface area contributed by atoms with E-state index in [1.165, 1.54) is 4.57 Å². The van der Waals surface area contributed by atoms with Gasteiger partial charge in [-0.1, -0.05) is 37.3 Å². The van der Waals surface area contributed by atoms with E-state index in [-0.39, 0.29) is 23.2 Å². The van der Waals surface area contributed by atoms with Gasteiger partial charge in [-0.25, -0.2) is 14.8 Å². The number of H-pyrrole nitrogens is 1. The van der Waals surface area contributed by atoms with Gasteiger partial charge in [0.05, 0.1) is 0 Å². The third-order valence-electron chi connectivity index (χ3n) is 7.05. The molecule has 0 aliphatic heterocycles. The number of anilines is 1. The molecule has 6 rings (SSSR count). The molecule has 0 unspecified atom stereocenters. The number of carbonyl (C=O) groups is 1. The van der Waals surface area contributed by atoms with Crippen LogP contribution in [0.25, 0.3) is 22.6 Å². The highest BCUT2D eigenvalue weighted by molar-refractivity contribution is 5.92. The summed E-state index contributed by atoms with van der Waals surface area (Å²) in [5, 5.41) is 6.18. The maximum Gasteiger partial charge on any atom is 0.333 e. The standard InChI is InChI=1S/C30H30N8O3/c1-2-15-37-27-25(29(40)38(30(37)41)22-11-12-22)35-26(36-27)21-10-13-24(33-18-21)32-16-19-6-8-20(9-7-19)17-34-28(39)23-5-3-4-14-31-23/h3-10,13-14,18,22H,2,11-12,15-17H2,1H3,(H,32,33)(H,34,39)(H,35,36). The Morgan fingerprint density at radius 2 is 1.78 bits per heavy atom. The van der Waals surface area contributed by atoms with Crippen molar-refractivity contribution in [2.75, 3.05) is 5.32 Å². The number of aryl methyl sites for hydroxylation is 1. The maximum atomic E-state index is 13.1. The fraction of sp³-hybridized carbons (Fsp3) is 0.267. The third kappa shape index (κ3) is 5.51. The second-order valence-electron chi connectivity index (χ2n) is 10.1. The number of fused-ring (bicyclic) bond motifs is 1. The van der Waals surface area contributed by atoms with Gasteiger partial charge in [-0.2, -0.15) is 0 Å². The molecule has 208 valence electrons. The summed E-state index contributed by atoms with van der Waals surface area (Å²) in [5.74, 6) is 0.981. The molecule has 0 radical (unpaired) electrons. The van der Waals surface area contributed by atoms with Crippen LogP contribution in [0.15, 0.2) is 76.6 Å². The summed E-state index contributed by atoms with van der Waals surface area (Å²) in [5.41, 5.74) is 3.29. The minimum Gasteiger partial charge on any atom is -0.366 e. The zero-order chi connectivity index (χ0) is 28.3. The van der Waals surface area contributed by atoms with Crippen LogP contribution >= 0.6 is 0 Å². The fourth-order valence-electron chi connectivity index (χ4n) is 4.73. The van der Waals surface area contributed by atoms with Crippen molar-refractivity contribution in [1.29, 1.82) is 0 Å². The minimum absolute atomic E-state index is 0.0180. The Morgan fingerprint density at radius 3 is 2.44 bits per heavy atom. The smallest absolute Gasteiger partial charge is 0.333 e. The fourth-order valence-corrected chi connectivity index (χ4v) is 4.73. The van der Waals surface area contributed by atoms with Crippen LogP contribution in [0, 0.1) is 0 Å². The van der Waals surface area contributed by atoms with E-state index in [0.717, 1.165) is 36.0 Å². The molecule has 1 saturated carbocycles. The lowest BCUT2D eigenvalue weighted by Crippen LogP contribution is -2.39. The van der Waals surface area contributed by atoms with Crippen LogP contribution in [0.1, 0.15) is 53.8 Å². The van der Waals surface area contributed by atoms with Crippen LogP contribution in [0.2, 0.25) is 0 Å². The molecule has 1 aromatic carbocycles. The zero-order valence-corrected chi connectivity index (χ0v) is 22.6. The highest BCUT2D eigenvalue weighted by Gasteiger charge is 2.29. The van der Waals surface area contributed by atoms with E-state index in [4.69, 9.17) is 0 Å². The number of nitrogens with one attached hydrogen (secondary N) is 3. The molecule has 5 aromatic rings. The van der Waals surface area contributed by atoms with Crippen LogP contribution in [-0.4, -0.2) is 35.0 Å². The normalized spacial score (nSPS) is 12.9. The molecule has 4 heterocycles. The largest absolute Gasteiger partial charge is 0.366 e. The summed E-state index contributed by atoms with van der Waals surface area (Å²) >= 11 is 0. The molecule has 1 aliphatic carbocycles. The Labute approximate surface area is 235 Å². The monoisotopic (exact) mass is 550 g/mol. The van der Waals surface area contributed by atoms with Crippen molar-refractivity contribution in [2.45, 2.75) is 51.9 Å². The number of imidazole rings is 1. The molecule has 0 atom stereocenters. The van der Waals surface area contributed by atoms with E-state index in [1.54, 1.807) is 35.2 Å². The number of aromatic amines is 1. The van der Waals surface area contributed by atoms with E-state index < -0.39 is 0 Å². The summed E-state index contributed by atoms with van der Waals surface area (Å²) in [6.45, 7) is 3.47. The van der Waals surface area contributed by atoms with E-state index >= 15 is 0 Å². The van der Waals surface area contributed by atoms with Gasteiger partial charge in [-0.05, 0) is 54.7 Å². The average molecular weight is 551 g/mol. The zero-order valence-electron chi connectivity index (χ0n) is 22.6. The second kappa shape index (κ2) is 11.2. The molecule has 1 aliphatic rings. The molecule has 1 amide bonds. The van der Waals surface area contributed by atoms with E-state index in [2.05, 4.69) is 30.6 Å². The van der Waals surface area contributed by atoms with E-state index in [0.29, 0.717) is 48.1 Å². The Morgan fingerprint density at radius 1 is 1.00 bits per heavy atom. The van der Waals surface area contributed by atoms with Crippen LogP contribution in [0.4, 0.5) is 5.82 Å². The first-order valence-corrected chi connectivity index (χ1v) is 13.7. The lowest BCUT2D eigenvalue weighted by atomic mass is 10.1. The molecule has 0 spiro atoms. The van der Waals surface area contributed by atoms with Crippen LogP contribution < -0.4 is 21.9 Å². The summed E-state index contributed by atoms with van der Waals surface area (Å²) in [6.07, 6.45) is 5.74. The van der Waals surface area contributed by atoms with E-state index in [9.17, 15) is 14.4 Å². The summed E-state index contributed by atoms with van der Waals surface area (Å²) in [6, 6.07) is 16.9. The quantitative estimate of drug-likeness (QED) is 0.241. The number of benzene rings is 1. The summed E-state index contributed by atoms with van der Waals surface area (Å²) < 4.78 is 2.97. The number of hydrogen-bond acceptors (Lipinski definition) is 7. The predicted octanol–water partition coefficient (Wildman–Crippen LogP) is 3.63. The van der Waals surface area contributed by atoms with Gasteiger partial charge in [0.25, 0.3) is 11.5 Å². The second-order valence-corrected chi connectivity index (χ2v) is 10.1. The topological polar surface area (TPSA) is 140 Å². The number of carbonyl (C=O) groups excluding carboxylic acids is 1. The molecule has 11 nitrogen and oxygen atoms in total. The van der Waals surface area contributed by atoms with Crippen molar-refractivity contribution in [2.24, 2.45) is 0 Å². The number of nitrogens with zero attached hydrogens (tertiary/aromatic N) is 5. The highest BCUT2D eigenvalue weighted by Crippen LogP contribution is 2.32. The minimum atomic E-state index is -0.313. The lowest BCUT2D eigenvalue weighted by Gasteiger charge is -2.09. The molecule has 4 aromatic heterocycles. The SMILES string of the molecule is CCCn1c(=O)n(C2CC2)c(=O)c2[nH]c(-c3ccc(NCc4ccc(CNC(=O)c5ccccn5)cc4)nc3)nc21. The number of hydrogen-bond donors (Lipinski definition) is 3. The van der Waals surface area contributed by atoms with Gasteiger partial charge in [0.2, 0.25) is 0 Å². The Kier molecular flexibility index (Phi) is 7.15. The number of pyridine rings is 2. The van der Waals surface area contributed by atoms with Crippen molar-refractivity contribution >= 4 is 22.9 Å². The molecule has 0 bridgehead atoms. The molecular formula is C30H30N8O3. The van der Waals surface area contributed by atoms with Crippen LogP contribution in [0.3, 0.4) is 0 Å². The van der Waals surface area contributed by atoms with Crippen LogP contribution in [0.5, 0.6) is 0 Å². The molecule has 0 saturated heterocycles. The van der Waals surface area contributed by atoms with Crippen molar-refractivity contribution < 1.29 is 4.79 Å². The number of aromatic nitrogens is 6. The van der Waals surface area contributed by atoms with Crippen molar-refractivity contribution in [3.8, 4) is 11.4 Å². The molecule has 41 heavy (non-hydrogen) atoms. The predicted molar refractivity (Wildman–Crippen MR) is 156 cm³/mol. The summed E-state index contributed by atoms with van der Waals surface area (Å²) in [4.78, 5) is 54.6. The first-order valence-electron chi connectivity index (χ1n) is 13.7. The van der Waals surface area contributed by atoms with Crippen molar-refractivity contribution in [3.63, 3.8) is 0 Å². The Hall–Kier alpha value is -5.06. The molecule has 11 heteroatoms. The Balaban J connectivity index is 1.11. The van der Waals surface area contributed by atoms with Gasteiger partial charge in [0.1, 0.15) is 22.9 Å². The molecule has 3 N–H and O–H groups in total. The first-order chi connectivity index (χ1) is 20.0. The number of rotatable bonds is 10. The van der Waals surface area contributed by atoms with Gasteiger partial charge in [-0.3, -0.25) is 23.7 Å². The lowest BCUT2D eigenvalue weighted by molar-refractivity contribution is 0.0946.